The van der Waals surface area contributed by atoms with Gasteiger partial charge in [0, 0.05) is 38.2 Å². The van der Waals surface area contributed by atoms with E-state index in [2.05, 4.69) is 20.3 Å². The van der Waals surface area contributed by atoms with Gasteiger partial charge in [0.05, 0.1) is 6.33 Å². The SMILES string of the molecule is CCOCc1nc(Cl)cc(NCCCn2ccnc2)n1. The standard InChI is InChI=1S/C13H18ClN5O/c1-2-20-9-13-17-11(14)8-12(18-13)16-4-3-6-19-7-5-15-10-19/h5,7-8,10H,2-4,6,9H2,1H3,(H,16,17,18). The molecule has 0 aliphatic heterocycles. The zero-order chi connectivity index (χ0) is 14.2. The predicted octanol–water partition coefficient (Wildman–Crippen LogP) is 2.37. The van der Waals surface area contributed by atoms with Crippen LogP contribution in [-0.2, 0) is 17.9 Å². The van der Waals surface area contributed by atoms with Crippen LogP contribution in [0.4, 0.5) is 5.82 Å². The lowest BCUT2D eigenvalue weighted by Crippen LogP contribution is -2.09. The van der Waals surface area contributed by atoms with Crippen LogP contribution in [0.3, 0.4) is 0 Å². The summed E-state index contributed by atoms with van der Waals surface area (Å²) in [7, 11) is 0. The number of hydrogen-bond donors (Lipinski definition) is 1. The Morgan fingerprint density at radius 3 is 3.05 bits per heavy atom. The van der Waals surface area contributed by atoms with Gasteiger partial charge in [0.1, 0.15) is 17.6 Å². The summed E-state index contributed by atoms with van der Waals surface area (Å²) in [6.07, 6.45) is 6.50. The topological polar surface area (TPSA) is 64.9 Å². The number of aromatic nitrogens is 4. The zero-order valence-corrected chi connectivity index (χ0v) is 12.2. The smallest absolute Gasteiger partial charge is 0.158 e. The molecular weight excluding hydrogens is 278 g/mol. The third kappa shape index (κ3) is 4.79. The van der Waals surface area contributed by atoms with Gasteiger partial charge in [-0.1, -0.05) is 11.6 Å². The molecule has 0 spiro atoms. The van der Waals surface area contributed by atoms with E-state index in [4.69, 9.17) is 16.3 Å². The van der Waals surface area contributed by atoms with Crippen molar-refractivity contribution in [1.29, 1.82) is 0 Å². The van der Waals surface area contributed by atoms with Crippen LogP contribution in [0.15, 0.2) is 24.8 Å². The maximum absolute atomic E-state index is 5.96. The molecule has 2 aromatic heterocycles. The van der Waals surface area contributed by atoms with Crippen molar-refractivity contribution in [3.63, 3.8) is 0 Å². The molecule has 2 heterocycles. The van der Waals surface area contributed by atoms with E-state index >= 15 is 0 Å². The van der Waals surface area contributed by atoms with E-state index in [1.54, 1.807) is 12.3 Å². The van der Waals surface area contributed by atoms with E-state index in [1.807, 2.05) is 24.0 Å². The number of halogens is 1. The molecule has 2 rings (SSSR count). The van der Waals surface area contributed by atoms with E-state index in [1.165, 1.54) is 0 Å². The van der Waals surface area contributed by atoms with Crippen LogP contribution in [0.5, 0.6) is 0 Å². The van der Waals surface area contributed by atoms with E-state index < -0.39 is 0 Å². The molecule has 0 amide bonds. The number of aryl methyl sites for hydroxylation is 1. The minimum atomic E-state index is 0.376. The Bertz CT molecular complexity index is 517. The molecule has 0 aliphatic carbocycles. The zero-order valence-electron chi connectivity index (χ0n) is 11.4. The maximum atomic E-state index is 5.96. The van der Waals surface area contributed by atoms with Gasteiger partial charge in [-0.15, -0.1) is 0 Å². The molecule has 6 nitrogen and oxygen atoms in total. The number of anilines is 1. The molecule has 0 saturated heterocycles. The maximum Gasteiger partial charge on any atom is 0.158 e. The Hall–Kier alpha value is -1.66. The highest BCUT2D eigenvalue weighted by atomic mass is 35.5. The van der Waals surface area contributed by atoms with E-state index in [-0.39, 0.29) is 0 Å². The van der Waals surface area contributed by atoms with Gasteiger partial charge >= 0.3 is 0 Å². The van der Waals surface area contributed by atoms with Crippen molar-refractivity contribution in [2.24, 2.45) is 0 Å². The van der Waals surface area contributed by atoms with Gasteiger partial charge in [-0.2, -0.15) is 0 Å². The van der Waals surface area contributed by atoms with Crippen molar-refractivity contribution in [3.05, 3.63) is 35.8 Å². The normalized spacial score (nSPS) is 10.7. The summed E-state index contributed by atoms with van der Waals surface area (Å²) in [5.74, 6) is 1.32. The third-order valence-electron chi connectivity index (χ3n) is 2.63. The fourth-order valence-corrected chi connectivity index (χ4v) is 1.91. The third-order valence-corrected chi connectivity index (χ3v) is 2.83. The summed E-state index contributed by atoms with van der Waals surface area (Å²) in [5.41, 5.74) is 0. The van der Waals surface area contributed by atoms with E-state index in [0.29, 0.717) is 24.2 Å². The number of hydrogen-bond acceptors (Lipinski definition) is 5. The van der Waals surface area contributed by atoms with Gasteiger partial charge in [0.25, 0.3) is 0 Å². The first-order valence-corrected chi connectivity index (χ1v) is 6.96. The van der Waals surface area contributed by atoms with Crippen LogP contribution < -0.4 is 5.32 Å². The molecule has 0 aromatic carbocycles. The Morgan fingerprint density at radius 2 is 2.30 bits per heavy atom. The summed E-state index contributed by atoms with van der Waals surface area (Å²) < 4.78 is 7.32. The molecule has 0 fully saturated rings. The predicted molar refractivity (Wildman–Crippen MR) is 77.7 cm³/mol. The number of nitrogens with one attached hydrogen (secondary N) is 1. The minimum absolute atomic E-state index is 0.376. The Balaban J connectivity index is 1.80. The van der Waals surface area contributed by atoms with Crippen molar-refractivity contribution in [3.8, 4) is 0 Å². The van der Waals surface area contributed by atoms with Gasteiger partial charge in [-0.25, -0.2) is 15.0 Å². The van der Waals surface area contributed by atoms with Crippen LogP contribution in [0.2, 0.25) is 5.15 Å². The highest BCUT2D eigenvalue weighted by Crippen LogP contribution is 2.12. The Kier molecular flexibility index (Phi) is 5.76. The number of nitrogens with zero attached hydrogens (tertiary/aromatic N) is 4. The molecule has 0 bridgehead atoms. The molecule has 0 aliphatic rings. The average molecular weight is 296 g/mol. The fourth-order valence-electron chi connectivity index (χ4n) is 1.71. The summed E-state index contributed by atoms with van der Waals surface area (Å²) in [4.78, 5) is 12.5. The highest BCUT2D eigenvalue weighted by Gasteiger charge is 2.03. The molecular formula is C13H18ClN5O. The number of rotatable bonds is 8. The highest BCUT2D eigenvalue weighted by molar-refractivity contribution is 6.29. The summed E-state index contributed by atoms with van der Waals surface area (Å²) in [6.45, 7) is 4.65. The molecule has 7 heteroatoms. The van der Waals surface area contributed by atoms with Crippen molar-refractivity contribution in [2.75, 3.05) is 18.5 Å². The average Bonchev–Trinajstić information content (AvgIpc) is 2.94. The summed E-state index contributed by atoms with van der Waals surface area (Å²) in [5, 5.41) is 3.66. The van der Waals surface area contributed by atoms with E-state index in [0.717, 1.165) is 25.3 Å². The van der Waals surface area contributed by atoms with Crippen LogP contribution in [0.25, 0.3) is 0 Å². The van der Waals surface area contributed by atoms with Gasteiger partial charge < -0.3 is 14.6 Å². The lowest BCUT2D eigenvalue weighted by molar-refractivity contribution is 0.128. The lowest BCUT2D eigenvalue weighted by Gasteiger charge is -2.08. The van der Waals surface area contributed by atoms with Crippen LogP contribution >= 0.6 is 11.6 Å². The van der Waals surface area contributed by atoms with Crippen LogP contribution in [0.1, 0.15) is 19.2 Å². The van der Waals surface area contributed by atoms with Crippen molar-refractivity contribution in [1.82, 2.24) is 19.5 Å². The van der Waals surface area contributed by atoms with Gasteiger partial charge in [0.2, 0.25) is 0 Å². The minimum Gasteiger partial charge on any atom is -0.374 e. The monoisotopic (exact) mass is 295 g/mol. The van der Waals surface area contributed by atoms with Gasteiger partial charge in [-0.05, 0) is 13.3 Å². The quantitative estimate of drug-likeness (QED) is 0.598. The molecule has 0 unspecified atom stereocenters. The van der Waals surface area contributed by atoms with Crippen molar-refractivity contribution in [2.45, 2.75) is 26.5 Å². The fraction of sp³-hybridized carbons (Fsp3) is 0.462. The van der Waals surface area contributed by atoms with Crippen LogP contribution in [-0.4, -0.2) is 32.7 Å². The summed E-state index contributed by atoms with van der Waals surface area (Å²) in [6, 6.07) is 1.72. The van der Waals surface area contributed by atoms with Crippen LogP contribution in [0, 0.1) is 0 Å². The first-order valence-electron chi connectivity index (χ1n) is 6.58. The molecule has 0 saturated carbocycles. The first kappa shape index (κ1) is 14.7. The molecule has 108 valence electrons. The Labute approximate surface area is 123 Å². The second kappa shape index (κ2) is 7.81. The van der Waals surface area contributed by atoms with Crippen molar-refractivity contribution >= 4 is 17.4 Å². The summed E-state index contributed by atoms with van der Waals surface area (Å²) >= 11 is 5.96. The largest absolute Gasteiger partial charge is 0.374 e. The number of ether oxygens (including phenoxy) is 1. The van der Waals surface area contributed by atoms with Gasteiger partial charge in [-0.3, -0.25) is 0 Å². The number of imidazole rings is 1. The van der Waals surface area contributed by atoms with Crippen molar-refractivity contribution < 1.29 is 4.74 Å². The Morgan fingerprint density at radius 1 is 1.40 bits per heavy atom. The van der Waals surface area contributed by atoms with E-state index in [9.17, 15) is 0 Å². The van der Waals surface area contributed by atoms with Gasteiger partial charge in [0.15, 0.2) is 5.82 Å². The molecule has 1 N–H and O–H groups in total. The molecule has 0 atom stereocenters. The molecule has 0 radical (unpaired) electrons. The first-order chi connectivity index (χ1) is 9.78. The lowest BCUT2D eigenvalue weighted by atomic mass is 10.4. The molecule has 2 aromatic rings. The second-order valence-corrected chi connectivity index (χ2v) is 4.60. The molecule has 20 heavy (non-hydrogen) atoms. The second-order valence-electron chi connectivity index (χ2n) is 4.21.